The maximum Gasteiger partial charge on any atom is 0.253 e. The fraction of sp³-hybridized carbons (Fsp3) is 0.500. The lowest BCUT2D eigenvalue weighted by molar-refractivity contribution is -0.118. The lowest BCUT2D eigenvalue weighted by Gasteiger charge is -2.19. The molecule has 0 radical (unpaired) electrons. The molecule has 1 aromatic carbocycles. The van der Waals surface area contributed by atoms with Crippen molar-refractivity contribution in [1.82, 2.24) is 10.6 Å². The first kappa shape index (κ1) is 20.4. The fourth-order valence-electron chi connectivity index (χ4n) is 1.99. The zero-order valence-electron chi connectivity index (χ0n) is 13.5. The first-order chi connectivity index (χ1) is 10.1. The summed E-state index contributed by atoms with van der Waals surface area (Å²) in [5.41, 5.74) is 1.17. The SMILES string of the molecule is CCCNCCNC(=O)c1ccccc1N(C)C(=O)CC.Cl. The summed E-state index contributed by atoms with van der Waals surface area (Å²) in [5, 5.41) is 6.10. The fourth-order valence-corrected chi connectivity index (χ4v) is 1.99. The van der Waals surface area contributed by atoms with E-state index in [0.717, 1.165) is 19.5 Å². The number of halogens is 1. The van der Waals surface area contributed by atoms with Crippen LogP contribution in [0.3, 0.4) is 0 Å². The highest BCUT2D eigenvalue weighted by atomic mass is 35.5. The molecule has 1 rings (SSSR count). The van der Waals surface area contributed by atoms with Crippen molar-refractivity contribution in [3.05, 3.63) is 29.8 Å². The standard InChI is InChI=1S/C16H25N3O2.ClH/c1-4-10-17-11-12-18-16(21)13-8-6-7-9-14(13)19(3)15(20)5-2;/h6-9,17H,4-5,10-12H2,1-3H3,(H,18,21);1H. The number of rotatable bonds is 8. The molecule has 0 saturated carbocycles. The number of anilines is 1. The highest BCUT2D eigenvalue weighted by molar-refractivity contribution is 6.04. The zero-order valence-corrected chi connectivity index (χ0v) is 14.3. The van der Waals surface area contributed by atoms with Gasteiger partial charge in [-0.15, -0.1) is 12.4 Å². The summed E-state index contributed by atoms with van der Waals surface area (Å²) in [6, 6.07) is 7.16. The lowest BCUT2D eigenvalue weighted by atomic mass is 10.1. The van der Waals surface area contributed by atoms with Crippen LogP contribution in [0, 0.1) is 0 Å². The second kappa shape index (κ2) is 11.0. The van der Waals surface area contributed by atoms with Crippen LogP contribution in [0.5, 0.6) is 0 Å². The van der Waals surface area contributed by atoms with Gasteiger partial charge in [0, 0.05) is 26.6 Å². The molecule has 0 aliphatic heterocycles. The molecule has 0 aliphatic carbocycles. The second-order valence-corrected chi connectivity index (χ2v) is 4.83. The van der Waals surface area contributed by atoms with Gasteiger partial charge in [0.2, 0.25) is 5.91 Å². The van der Waals surface area contributed by atoms with Gasteiger partial charge in [-0.05, 0) is 25.1 Å². The van der Waals surface area contributed by atoms with E-state index < -0.39 is 0 Å². The van der Waals surface area contributed by atoms with Gasteiger partial charge in [0.15, 0.2) is 0 Å². The van der Waals surface area contributed by atoms with Crippen molar-refractivity contribution >= 4 is 29.9 Å². The predicted molar refractivity (Wildman–Crippen MR) is 92.9 cm³/mol. The van der Waals surface area contributed by atoms with Crippen LogP contribution in [0.25, 0.3) is 0 Å². The van der Waals surface area contributed by atoms with Crippen LogP contribution in [0.1, 0.15) is 37.0 Å². The molecule has 5 nitrogen and oxygen atoms in total. The molecule has 0 unspecified atom stereocenters. The molecule has 6 heteroatoms. The quantitative estimate of drug-likeness (QED) is 0.720. The van der Waals surface area contributed by atoms with Crippen molar-refractivity contribution in [1.29, 1.82) is 0 Å². The van der Waals surface area contributed by atoms with Crippen LogP contribution in [-0.4, -0.2) is 38.5 Å². The van der Waals surface area contributed by atoms with Crippen LogP contribution in [0.15, 0.2) is 24.3 Å². The van der Waals surface area contributed by atoms with Crippen LogP contribution >= 0.6 is 12.4 Å². The van der Waals surface area contributed by atoms with Gasteiger partial charge in [0.05, 0.1) is 11.3 Å². The minimum atomic E-state index is -0.153. The highest BCUT2D eigenvalue weighted by Gasteiger charge is 2.16. The number of benzene rings is 1. The molecule has 22 heavy (non-hydrogen) atoms. The van der Waals surface area contributed by atoms with Crippen molar-refractivity contribution in [3.63, 3.8) is 0 Å². The molecule has 0 bridgehead atoms. The molecule has 0 aromatic heterocycles. The minimum Gasteiger partial charge on any atom is -0.351 e. The smallest absolute Gasteiger partial charge is 0.253 e. The van der Waals surface area contributed by atoms with E-state index in [4.69, 9.17) is 0 Å². The van der Waals surface area contributed by atoms with E-state index in [-0.39, 0.29) is 24.2 Å². The Morgan fingerprint density at radius 2 is 1.77 bits per heavy atom. The molecule has 0 saturated heterocycles. The Labute approximate surface area is 138 Å². The molecule has 1 aromatic rings. The summed E-state index contributed by atoms with van der Waals surface area (Å²) in [5.74, 6) is -0.167. The van der Waals surface area contributed by atoms with Crippen molar-refractivity contribution < 1.29 is 9.59 Å². The van der Waals surface area contributed by atoms with Gasteiger partial charge < -0.3 is 15.5 Å². The van der Waals surface area contributed by atoms with Crippen molar-refractivity contribution in [3.8, 4) is 0 Å². The van der Waals surface area contributed by atoms with E-state index in [2.05, 4.69) is 17.6 Å². The first-order valence-electron chi connectivity index (χ1n) is 7.46. The molecule has 0 spiro atoms. The van der Waals surface area contributed by atoms with Gasteiger partial charge in [0.25, 0.3) is 5.91 Å². The van der Waals surface area contributed by atoms with Crippen LogP contribution in [-0.2, 0) is 4.79 Å². The number of hydrogen-bond acceptors (Lipinski definition) is 3. The summed E-state index contributed by atoms with van der Waals surface area (Å²) >= 11 is 0. The number of nitrogens with zero attached hydrogens (tertiary/aromatic N) is 1. The summed E-state index contributed by atoms with van der Waals surface area (Å²) in [6.45, 7) is 6.16. The van der Waals surface area contributed by atoms with Crippen molar-refractivity contribution in [2.45, 2.75) is 26.7 Å². The molecule has 2 N–H and O–H groups in total. The predicted octanol–water partition coefficient (Wildman–Crippen LogP) is 2.21. The van der Waals surface area contributed by atoms with E-state index in [9.17, 15) is 9.59 Å². The summed E-state index contributed by atoms with van der Waals surface area (Å²) in [6.07, 6.45) is 1.48. The zero-order chi connectivity index (χ0) is 15.7. The maximum atomic E-state index is 12.2. The number of nitrogens with one attached hydrogen (secondary N) is 2. The van der Waals surface area contributed by atoms with E-state index in [1.807, 2.05) is 6.07 Å². The minimum absolute atomic E-state index is 0. The Morgan fingerprint density at radius 1 is 1.09 bits per heavy atom. The van der Waals surface area contributed by atoms with Gasteiger partial charge in [-0.1, -0.05) is 26.0 Å². The van der Waals surface area contributed by atoms with Gasteiger partial charge in [-0.3, -0.25) is 9.59 Å². The molecular weight excluding hydrogens is 302 g/mol. The summed E-state index contributed by atoms with van der Waals surface area (Å²) in [4.78, 5) is 25.6. The monoisotopic (exact) mass is 327 g/mol. The summed E-state index contributed by atoms with van der Waals surface area (Å²) in [7, 11) is 1.70. The Kier molecular flexibility index (Phi) is 10.2. The third-order valence-corrected chi connectivity index (χ3v) is 3.20. The van der Waals surface area contributed by atoms with Crippen LogP contribution in [0.2, 0.25) is 0 Å². The largest absolute Gasteiger partial charge is 0.351 e. The third kappa shape index (κ3) is 6.03. The van der Waals surface area contributed by atoms with E-state index >= 15 is 0 Å². The van der Waals surface area contributed by atoms with Crippen molar-refractivity contribution in [2.75, 3.05) is 31.6 Å². The molecule has 0 heterocycles. The summed E-state index contributed by atoms with van der Waals surface area (Å²) < 4.78 is 0. The first-order valence-corrected chi connectivity index (χ1v) is 7.46. The normalized spacial score (nSPS) is 9.77. The van der Waals surface area contributed by atoms with E-state index in [0.29, 0.717) is 24.2 Å². The van der Waals surface area contributed by atoms with Gasteiger partial charge >= 0.3 is 0 Å². The third-order valence-electron chi connectivity index (χ3n) is 3.20. The molecule has 124 valence electrons. The van der Waals surface area contributed by atoms with Gasteiger partial charge in [-0.25, -0.2) is 0 Å². The van der Waals surface area contributed by atoms with Crippen LogP contribution in [0.4, 0.5) is 5.69 Å². The topological polar surface area (TPSA) is 61.4 Å². The van der Waals surface area contributed by atoms with Crippen molar-refractivity contribution in [2.24, 2.45) is 0 Å². The van der Waals surface area contributed by atoms with E-state index in [1.54, 1.807) is 32.2 Å². The lowest BCUT2D eigenvalue weighted by Crippen LogP contribution is -2.34. The number of amides is 2. The second-order valence-electron chi connectivity index (χ2n) is 4.83. The number of carbonyl (C=O) groups excluding carboxylic acids is 2. The van der Waals surface area contributed by atoms with Crippen LogP contribution < -0.4 is 15.5 Å². The average Bonchev–Trinajstić information content (AvgIpc) is 2.53. The van der Waals surface area contributed by atoms with E-state index in [1.165, 1.54) is 4.90 Å². The molecular formula is C16H26ClN3O2. The Hall–Kier alpha value is -1.59. The van der Waals surface area contributed by atoms with Gasteiger partial charge in [0.1, 0.15) is 0 Å². The maximum absolute atomic E-state index is 12.2. The molecule has 0 fully saturated rings. The Bertz CT molecular complexity index is 480. The highest BCUT2D eigenvalue weighted by Crippen LogP contribution is 2.19. The van der Waals surface area contributed by atoms with Gasteiger partial charge in [-0.2, -0.15) is 0 Å². The Morgan fingerprint density at radius 3 is 2.41 bits per heavy atom. The number of carbonyl (C=O) groups is 2. The molecule has 0 atom stereocenters. The molecule has 0 aliphatic rings. The number of hydrogen-bond donors (Lipinski definition) is 2. The molecule has 2 amide bonds. The number of para-hydroxylation sites is 1. The Balaban J connectivity index is 0.00000441. The average molecular weight is 328 g/mol.